The average molecular weight is 283 g/mol. The van der Waals surface area contributed by atoms with Gasteiger partial charge in [-0.15, -0.1) is 0 Å². The van der Waals surface area contributed by atoms with Crippen LogP contribution in [0.25, 0.3) is 0 Å². The summed E-state index contributed by atoms with van der Waals surface area (Å²) in [5.41, 5.74) is 4.39. The van der Waals surface area contributed by atoms with E-state index in [4.69, 9.17) is 5.11 Å². The predicted octanol–water partition coefficient (Wildman–Crippen LogP) is 4.05. The summed E-state index contributed by atoms with van der Waals surface area (Å²) in [7, 11) is 0. The van der Waals surface area contributed by atoms with E-state index in [1.165, 1.54) is 5.56 Å². The molecule has 0 amide bonds. The van der Waals surface area contributed by atoms with E-state index in [0.717, 1.165) is 29.8 Å². The molecule has 0 heterocycles. The van der Waals surface area contributed by atoms with Crippen LogP contribution in [0.5, 0.6) is 0 Å². The van der Waals surface area contributed by atoms with E-state index >= 15 is 0 Å². The van der Waals surface area contributed by atoms with Gasteiger partial charge in [-0.25, -0.2) is 0 Å². The number of hydrogen-bond acceptors (Lipinski definition) is 2. The highest BCUT2D eigenvalue weighted by Gasteiger charge is 2.12. The van der Waals surface area contributed by atoms with Gasteiger partial charge in [0.15, 0.2) is 0 Å². The molecule has 0 radical (unpaired) electrons. The third-order valence-electron chi connectivity index (χ3n) is 3.71. The molecule has 3 heteroatoms. The Hall–Kier alpha value is -2.29. The Kier molecular flexibility index (Phi) is 4.99. The monoisotopic (exact) mass is 283 g/mol. The highest BCUT2D eigenvalue weighted by molar-refractivity contribution is 5.75. The first-order valence-corrected chi connectivity index (χ1v) is 7.24. The number of nitrogens with one attached hydrogen (secondary N) is 1. The summed E-state index contributed by atoms with van der Waals surface area (Å²) < 4.78 is 0. The van der Waals surface area contributed by atoms with Crippen LogP contribution in [0.15, 0.2) is 48.5 Å². The van der Waals surface area contributed by atoms with Gasteiger partial charge in [0.1, 0.15) is 0 Å². The number of hydrogen-bond donors (Lipinski definition) is 2. The van der Waals surface area contributed by atoms with E-state index in [9.17, 15) is 4.79 Å². The van der Waals surface area contributed by atoms with Crippen LogP contribution < -0.4 is 5.32 Å². The van der Waals surface area contributed by atoms with E-state index in [0.29, 0.717) is 0 Å². The summed E-state index contributed by atoms with van der Waals surface area (Å²) in [4.78, 5) is 10.9. The second kappa shape index (κ2) is 6.93. The van der Waals surface area contributed by atoms with Crippen molar-refractivity contribution in [1.29, 1.82) is 0 Å². The molecule has 1 unspecified atom stereocenters. The van der Waals surface area contributed by atoms with E-state index in [2.05, 4.69) is 36.5 Å². The van der Waals surface area contributed by atoms with Gasteiger partial charge in [0.05, 0.1) is 5.92 Å². The van der Waals surface area contributed by atoms with Gasteiger partial charge in [-0.05, 0) is 42.2 Å². The molecule has 0 aromatic heterocycles. The summed E-state index contributed by atoms with van der Waals surface area (Å²) in [5, 5.41) is 12.4. The Bertz CT molecular complexity index is 588. The Morgan fingerprint density at radius 2 is 1.62 bits per heavy atom. The topological polar surface area (TPSA) is 49.3 Å². The van der Waals surface area contributed by atoms with E-state index in [1.807, 2.05) is 24.3 Å². The van der Waals surface area contributed by atoms with Crippen molar-refractivity contribution in [2.45, 2.75) is 32.7 Å². The molecular weight excluding hydrogens is 262 g/mol. The third-order valence-corrected chi connectivity index (χ3v) is 3.71. The maximum atomic E-state index is 10.9. The summed E-state index contributed by atoms with van der Waals surface area (Å²) in [6, 6.07) is 16.1. The molecule has 1 atom stereocenters. The molecule has 110 valence electrons. The van der Waals surface area contributed by atoms with Crippen molar-refractivity contribution in [3.63, 3.8) is 0 Å². The van der Waals surface area contributed by atoms with Crippen LogP contribution >= 0.6 is 0 Å². The van der Waals surface area contributed by atoms with Crippen LogP contribution in [-0.2, 0) is 17.8 Å². The summed E-state index contributed by atoms with van der Waals surface area (Å²) >= 11 is 0. The molecule has 0 saturated heterocycles. The molecule has 0 aliphatic heterocycles. The molecule has 0 bridgehead atoms. The fourth-order valence-corrected chi connectivity index (χ4v) is 2.13. The first-order valence-electron chi connectivity index (χ1n) is 7.24. The molecule has 2 N–H and O–H groups in total. The van der Waals surface area contributed by atoms with Gasteiger partial charge in [0.2, 0.25) is 0 Å². The van der Waals surface area contributed by atoms with Gasteiger partial charge in [-0.2, -0.15) is 0 Å². The fourth-order valence-electron chi connectivity index (χ4n) is 2.13. The Morgan fingerprint density at radius 1 is 1.05 bits per heavy atom. The number of carbonyl (C=O) groups is 1. The molecule has 0 spiro atoms. The number of benzene rings is 2. The van der Waals surface area contributed by atoms with Gasteiger partial charge >= 0.3 is 5.97 Å². The minimum Gasteiger partial charge on any atom is -0.481 e. The molecule has 2 rings (SSSR count). The van der Waals surface area contributed by atoms with Crippen LogP contribution in [-0.4, -0.2) is 11.1 Å². The predicted molar refractivity (Wildman–Crippen MR) is 85.6 cm³/mol. The highest BCUT2D eigenvalue weighted by atomic mass is 16.4. The van der Waals surface area contributed by atoms with E-state index < -0.39 is 11.9 Å². The zero-order chi connectivity index (χ0) is 15.2. The average Bonchev–Trinajstić information content (AvgIpc) is 2.53. The SMILES string of the molecule is CCc1ccc(NCc2ccc(C(C)C(=O)O)cc2)cc1. The number of rotatable bonds is 6. The van der Waals surface area contributed by atoms with Gasteiger partial charge in [0, 0.05) is 12.2 Å². The molecule has 2 aromatic rings. The second-order valence-corrected chi connectivity index (χ2v) is 5.21. The number of anilines is 1. The van der Waals surface area contributed by atoms with Crippen LogP contribution in [0.3, 0.4) is 0 Å². The summed E-state index contributed by atoms with van der Waals surface area (Å²) in [6.07, 6.45) is 1.05. The van der Waals surface area contributed by atoms with Gasteiger partial charge in [0.25, 0.3) is 0 Å². The number of aliphatic carboxylic acids is 1. The second-order valence-electron chi connectivity index (χ2n) is 5.21. The normalized spacial score (nSPS) is 11.9. The quantitative estimate of drug-likeness (QED) is 0.841. The number of aryl methyl sites for hydroxylation is 1. The Labute approximate surface area is 125 Å². The van der Waals surface area contributed by atoms with Crippen molar-refractivity contribution in [3.8, 4) is 0 Å². The van der Waals surface area contributed by atoms with Crippen molar-refractivity contribution in [3.05, 3.63) is 65.2 Å². The molecule has 0 fully saturated rings. The molecule has 0 aliphatic rings. The van der Waals surface area contributed by atoms with Gasteiger partial charge < -0.3 is 10.4 Å². The zero-order valence-corrected chi connectivity index (χ0v) is 12.5. The maximum Gasteiger partial charge on any atom is 0.310 e. The molecule has 0 aliphatic carbocycles. The van der Waals surface area contributed by atoms with Gasteiger partial charge in [-0.1, -0.05) is 43.3 Å². The fraction of sp³-hybridized carbons (Fsp3) is 0.278. The minimum absolute atomic E-state index is 0.464. The van der Waals surface area contributed by atoms with E-state index in [-0.39, 0.29) is 0 Å². The summed E-state index contributed by atoms with van der Waals surface area (Å²) in [6.45, 7) is 4.57. The smallest absolute Gasteiger partial charge is 0.310 e. The lowest BCUT2D eigenvalue weighted by atomic mass is 10.00. The van der Waals surface area contributed by atoms with Crippen molar-refractivity contribution in [1.82, 2.24) is 0 Å². The molecule has 2 aromatic carbocycles. The third kappa shape index (κ3) is 4.09. The maximum absolute atomic E-state index is 10.9. The highest BCUT2D eigenvalue weighted by Crippen LogP contribution is 2.17. The summed E-state index contributed by atoms with van der Waals surface area (Å²) in [5.74, 6) is -1.26. The van der Waals surface area contributed by atoms with Crippen LogP contribution in [0, 0.1) is 0 Å². The standard InChI is InChI=1S/C18H21NO2/c1-3-14-6-10-17(11-7-14)19-12-15-4-8-16(9-5-15)13(2)18(20)21/h4-11,13,19H,3,12H2,1-2H3,(H,20,21). The van der Waals surface area contributed by atoms with Crippen LogP contribution in [0.1, 0.15) is 36.5 Å². The molecule has 0 saturated carbocycles. The van der Waals surface area contributed by atoms with Crippen LogP contribution in [0.4, 0.5) is 5.69 Å². The number of carboxylic acids is 1. The van der Waals surface area contributed by atoms with Crippen LogP contribution in [0.2, 0.25) is 0 Å². The first-order chi connectivity index (χ1) is 10.1. The minimum atomic E-state index is -0.795. The molecule has 21 heavy (non-hydrogen) atoms. The van der Waals surface area contributed by atoms with Crippen molar-refractivity contribution in [2.24, 2.45) is 0 Å². The van der Waals surface area contributed by atoms with Crippen molar-refractivity contribution in [2.75, 3.05) is 5.32 Å². The number of carboxylic acid groups (broad SMARTS) is 1. The molecule has 3 nitrogen and oxygen atoms in total. The lowest BCUT2D eigenvalue weighted by Gasteiger charge is -2.10. The lowest BCUT2D eigenvalue weighted by Crippen LogP contribution is -2.07. The Balaban J connectivity index is 1.95. The lowest BCUT2D eigenvalue weighted by molar-refractivity contribution is -0.138. The van der Waals surface area contributed by atoms with Crippen molar-refractivity contribution < 1.29 is 9.90 Å². The largest absolute Gasteiger partial charge is 0.481 e. The van der Waals surface area contributed by atoms with Crippen molar-refractivity contribution >= 4 is 11.7 Å². The van der Waals surface area contributed by atoms with Gasteiger partial charge in [-0.3, -0.25) is 4.79 Å². The Morgan fingerprint density at radius 3 is 2.14 bits per heavy atom. The van der Waals surface area contributed by atoms with E-state index in [1.54, 1.807) is 6.92 Å². The first kappa shape index (κ1) is 15.1. The molecular formula is C18H21NO2. The zero-order valence-electron chi connectivity index (χ0n) is 12.5.